The van der Waals surface area contributed by atoms with Crippen LogP contribution >= 0.6 is 0 Å². The Hall–Kier alpha value is -1.36. The fourth-order valence-corrected chi connectivity index (χ4v) is 2.57. The van der Waals surface area contributed by atoms with Gasteiger partial charge in [0.15, 0.2) is 0 Å². The van der Waals surface area contributed by atoms with Crippen molar-refractivity contribution in [3.63, 3.8) is 0 Å². The van der Waals surface area contributed by atoms with Gasteiger partial charge in [0.1, 0.15) is 0 Å². The van der Waals surface area contributed by atoms with Crippen LogP contribution in [0.1, 0.15) is 51.6 Å². The summed E-state index contributed by atoms with van der Waals surface area (Å²) < 4.78 is 5.17. The second-order valence-electron chi connectivity index (χ2n) is 5.72. The Morgan fingerprint density at radius 3 is 2.74 bits per heavy atom. The summed E-state index contributed by atoms with van der Waals surface area (Å²) in [6, 6.07) is 1.75. The van der Waals surface area contributed by atoms with Gasteiger partial charge in [-0.3, -0.25) is 10.1 Å². The SMILES string of the molecule is CC(C)C(=O)Nc1cc(C2(CO)CCCCC2)no1. The molecule has 1 fully saturated rings. The maximum atomic E-state index is 11.6. The normalized spacial score (nSPS) is 18.5. The van der Waals surface area contributed by atoms with Crippen molar-refractivity contribution in [2.45, 2.75) is 51.4 Å². The number of hydrogen-bond donors (Lipinski definition) is 2. The molecule has 0 spiro atoms. The number of aliphatic hydroxyl groups is 1. The van der Waals surface area contributed by atoms with Crippen LogP contribution in [0.25, 0.3) is 0 Å². The van der Waals surface area contributed by atoms with Gasteiger partial charge in [0.2, 0.25) is 11.8 Å². The predicted octanol–water partition coefficient (Wildman–Crippen LogP) is 2.46. The molecular formula is C14H22N2O3. The third-order valence-electron chi connectivity index (χ3n) is 3.94. The van der Waals surface area contributed by atoms with E-state index in [2.05, 4.69) is 10.5 Å². The number of hydrogen-bond acceptors (Lipinski definition) is 4. The minimum absolute atomic E-state index is 0.0805. The van der Waals surface area contributed by atoms with E-state index in [9.17, 15) is 9.90 Å². The van der Waals surface area contributed by atoms with Crippen LogP contribution < -0.4 is 5.32 Å². The summed E-state index contributed by atoms with van der Waals surface area (Å²) in [4.78, 5) is 11.6. The molecule has 1 aliphatic rings. The first-order chi connectivity index (χ1) is 9.07. The number of anilines is 1. The second-order valence-corrected chi connectivity index (χ2v) is 5.72. The van der Waals surface area contributed by atoms with Crippen LogP contribution in [0.2, 0.25) is 0 Å². The Bertz CT molecular complexity index is 434. The highest BCUT2D eigenvalue weighted by molar-refractivity contribution is 5.90. The van der Waals surface area contributed by atoms with E-state index in [1.165, 1.54) is 6.42 Å². The van der Waals surface area contributed by atoms with E-state index in [1.54, 1.807) is 6.07 Å². The molecule has 5 heteroatoms. The number of carbonyl (C=O) groups excluding carboxylic acids is 1. The van der Waals surface area contributed by atoms with E-state index in [0.717, 1.165) is 31.4 Å². The lowest BCUT2D eigenvalue weighted by atomic mass is 9.72. The Morgan fingerprint density at radius 1 is 1.47 bits per heavy atom. The highest BCUT2D eigenvalue weighted by Gasteiger charge is 2.36. The predicted molar refractivity (Wildman–Crippen MR) is 71.8 cm³/mol. The zero-order valence-electron chi connectivity index (χ0n) is 11.6. The fourth-order valence-electron chi connectivity index (χ4n) is 2.57. The van der Waals surface area contributed by atoms with Crippen molar-refractivity contribution in [3.8, 4) is 0 Å². The Kier molecular flexibility index (Phi) is 4.24. The number of nitrogens with zero attached hydrogens (tertiary/aromatic N) is 1. The first-order valence-corrected chi connectivity index (χ1v) is 6.96. The molecule has 0 aliphatic heterocycles. The van der Waals surface area contributed by atoms with Gasteiger partial charge in [-0.25, -0.2) is 0 Å². The van der Waals surface area contributed by atoms with E-state index in [4.69, 9.17) is 4.52 Å². The number of aromatic nitrogens is 1. The average Bonchev–Trinajstić information content (AvgIpc) is 2.88. The standard InChI is InChI=1S/C14H22N2O3/c1-10(2)13(18)15-12-8-11(16-19-12)14(9-17)6-4-3-5-7-14/h8,10,17H,3-7,9H2,1-2H3,(H,15,18). The van der Waals surface area contributed by atoms with Crippen molar-refractivity contribution in [2.75, 3.05) is 11.9 Å². The summed E-state index contributed by atoms with van der Waals surface area (Å²) in [5, 5.41) is 16.4. The molecule has 0 atom stereocenters. The number of amides is 1. The molecule has 0 radical (unpaired) electrons. The van der Waals surface area contributed by atoms with E-state index in [1.807, 2.05) is 13.8 Å². The van der Waals surface area contributed by atoms with Gasteiger partial charge >= 0.3 is 0 Å². The summed E-state index contributed by atoms with van der Waals surface area (Å²) in [6.45, 7) is 3.73. The van der Waals surface area contributed by atoms with Crippen LogP contribution in [0.3, 0.4) is 0 Å². The lowest BCUT2D eigenvalue weighted by Gasteiger charge is -2.33. The molecule has 1 amide bonds. The number of carbonyl (C=O) groups is 1. The van der Waals surface area contributed by atoms with E-state index in [-0.39, 0.29) is 23.8 Å². The number of nitrogens with one attached hydrogen (secondary N) is 1. The third-order valence-corrected chi connectivity index (χ3v) is 3.94. The molecule has 1 aromatic rings. The van der Waals surface area contributed by atoms with Crippen molar-refractivity contribution in [1.82, 2.24) is 5.16 Å². The minimum atomic E-state index is -0.289. The summed E-state index contributed by atoms with van der Waals surface area (Å²) in [5.74, 6) is 0.173. The van der Waals surface area contributed by atoms with E-state index < -0.39 is 0 Å². The molecule has 106 valence electrons. The molecular weight excluding hydrogens is 244 g/mol. The molecule has 1 aliphatic carbocycles. The molecule has 1 saturated carbocycles. The Morgan fingerprint density at radius 2 is 2.16 bits per heavy atom. The summed E-state index contributed by atoms with van der Waals surface area (Å²) in [7, 11) is 0. The third kappa shape index (κ3) is 2.97. The minimum Gasteiger partial charge on any atom is -0.395 e. The van der Waals surface area contributed by atoms with Gasteiger partial charge < -0.3 is 9.63 Å². The molecule has 2 rings (SSSR count). The van der Waals surface area contributed by atoms with E-state index >= 15 is 0 Å². The lowest BCUT2D eigenvalue weighted by Crippen LogP contribution is -2.33. The first kappa shape index (κ1) is 14.1. The topological polar surface area (TPSA) is 75.4 Å². The highest BCUT2D eigenvalue weighted by Crippen LogP contribution is 2.39. The van der Waals surface area contributed by atoms with E-state index in [0.29, 0.717) is 5.88 Å². The quantitative estimate of drug-likeness (QED) is 0.877. The summed E-state index contributed by atoms with van der Waals surface area (Å²) in [6.07, 6.45) is 5.25. The largest absolute Gasteiger partial charge is 0.395 e. The average molecular weight is 266 g/mol. The molecule has 0 unspecified atom stereocenters. The highest BCUT2D eigenvalue weighted by atomic mass is 16.5. The van der Waals surface area contributed by atoms with Gasteiger partial charge in [0.25, 0.3) is 0 Å². The Labute approximate surface area is 113 Å². The zero-order chi connectivity index (χ0) is 13.9. The van der Waals surface area contributed by atoms with Gasteiger partial charge in [0, 0.05) is 17.4 Å². The van der Waals surface area contributed by atoms with Crippen LogP contribution in [-0.4, -0.2) is 22.8 Å². The van der Waals surface area contributed by atoms with Crippen LogP contribution in [0.15, 0.2) is 10.6 Å². The fraction of sp³-hybridized carbons (Fsp3) is 0.714. The monoisotopic (exact) mass is 266 g/mol. The van der Waals surface area contributed by atoms with Crippen LogP contribution in [0, 0.1) is 5.92 Å². The zero-order valence-corrected chi connectivity index (χ0v) is 11.6. The van der Waals surface area contributed by atoms with Crippen molar-refractivity contribution >= 4 is 11.8 Å². The van der Waals surface area contributed by atoms with Crippen LogP contribution in [0.4, 0.5) is 5.88 Å². The number of rotatable bonds is 4. The van der Waals surface area contributed by atoms with Gasteiger partial charge in [0.05, 0.1) is 12.3 Å². The molecule has 19 heavy (non-hydrogen) atoms. The molecule has 1 aromatic heterocycles. The molecule has 2 N–H and O–H groups in total. The van der Waals surface area contributed by atoms with Crippen molar-refractivity contribution < 1.29 is 14.4 Å². The van der Waals surface area contributed by atoms with Crippen LogP contribution in [-0.2, 0) is 10.2 Å². The molecule has 0 aromatic carbocycles. The van der Waals surface area contributed by atoms with Gasteiger partial charge in [-0.1, -0.05) is 38.3 Å². The summed E-state index contributed by atoms with van der Waals surface area (Å²) in [5.41, 5.74) is 0.469. The lowest BCUT2D eigenvalue weighted by molar-refractivity contribution is -0.119. The van der Waals surface area contributed by atoms with Crippen molar-refractivity contribution in [2.24, 2.45) is 5.92 Å². The van der Waals surface area contributed by atoms with Gasteiger partial charge in [-0.15, -0.1) is 0 Å². The first-order valence-electron chi connectivity index (χ1n) is 6.96. The van der Waals surface area contributed by atoms with Crippen molar-refractivity contribution in [3.05, 3.63) is 11.8 Å². The molecule has 1 heterocycles. The molecule has 5 nitrogen and oxygen atoms in total. The maximum Gasteiger partial charge on any atom is 0.231 e. The Balaban J connectivity index is 2.13. The molecule has 0 bridgehead atoms. The van der Waals surface area contributed by atoms with Crippen LogP contribution in [0.5, 0.6) is 0 Å². The van der Waals surface area contributed by atoms with Crippen molar-refractivity contribution in [1.29, 1.82) is 0 Å². The summed E-state index contributed by atoms with van der Waals surface area (Å²) >= 11 is 0. The van der Waals surface area contributed by atoms with Gasteiger partial charge in [-0.05, 0) is 12.8 Å². The molecule has 0 saturated heterocycles. The maximum absolute atomic E-state index is 11.6. The number of aliphatic hydroxyl groups excluding tert-OH is 1. The smallest absolute Gasteiger partial charge is 0.231 e. The van der Waals surface area contributed by atoms with Gasteiger partial charge in [-0.2, -0.15) is 0 Å². The second kappa shape index (κ2) is 5.74.